The van der Waals surface area contributed by atoms with Crippen molar-refractivity contribution in [3.05, 3.63) is 29.8 Å². The number of hydrogen-bond donors (Lipinski definition) is 0. The van der Waals surface area contributed by atoms with E-state index in [1.54, 1.807) is 5.56 Å². The first-order valence-corrected chi connectivity index (χ1v) is 12.6. The van der Waals surface area contributed by atoms with E-state index in [2.05, 4.69) is 73.5 Å². The molecule has 2 aliphatic heterocycles. The van der Waals surface area contributed by atoms with Gasteiger partial charge in [-0.2, -0.15) is 11.8 Å². The molecule has 1 aromatic carbocycles. The van der Waals surface area contributed by atoms with E-state index in [1.807, 2.05) is 0 Å². The Morgan fingerprint density at radius 2 is 1.46 bits per heavy atom. The van der Waals surface area contributed by atoms with Crippen LogP contribution in [0.3, 0.4) is 0 Å². The van der Waals surface area contributed by atoms with E-state index in [0.29, 0.717) is 16.7 Å². The minimum atomic E-state index is 0.442. The van der Waals surface area contributed by atoms with Gasteiger partial charge in [-0.05, 0) is 72.0 Å². The Labute approximate surface area is 177 Å². The van der Waals surface area contributed by atoms with Gasteiger partial charge in [0, 0.05) is 37.9 Å². The highest BCUT2D eigenvalue weighted by Gasteiger charge is 2.40. The summed E-state index contributed by atoms with van der Waals surface area (Å²) in [4.78, 5) is 5.48. The number of rotatable bonds is 3. The van der Waals surface area contributed by atoms with Crippen molar-refractivity contribution in [2.24, 2.45) is 10.8 Å². The molecule has 1 saturated carbocycles. The van der Waals surface area contributed by atoms with Crippen molar-refractivity contribution in [2.75, 3.05) is 42.6 Å². The van der Waals surface area contributed by atoms with Gasteiger partial charge in [0.05, 0.1) is 0 Å². The normalized spacial score (nSPS) is 27.1. The minimum Gasteiger partial charge on any atom is -0.369 e. The zero-order chi connectivity index (χ0) is 19.8. The number of piperazine rings is 1. The lowest BCUT2D eigenvalue weighted by Crippen LogP contribution is -2.51. The molecule has 2 heterocycles. The number of thioether (sulfide) groups is 1. The van der Waals surface area contributed by atoms with Crippen LogP contribution in [0.2, 0.25) is 0 Å². The Balaban J connectivity index is 1.48. The fourth-order valence-corrected chi connectivity index (χ4v) is 7.65. The smallest absolute Gasteiger partial charge is 0.0402 e. The van der Waals surface area contributed by atoms with Crippen molar-refractivity contribution < 1.29 is 0 Å². The summed E-state index contributed by atoms with van der Waals surface area (Å²) in [6.07, 6.45) is 6.79. The first kappa shape index (κ1) is 20.6. The van der Waals surface area contributed by atoms with E-state index in [9.17, 15) is 0 Å². The summed E-state index contributed by atoms with van der Waals surface area (Å²) in [6.45, 7) is 14.8. The molecule has 0 spiro atoms. The molecule has 3 fully saturated rings. The second-order valence-electron chi connectivity index (χ2n) is 11.0. The van der Waals surface area contributed by atoms with Gasteiger partial charge in [0.15, 0.2) is 0 Å². The number of nitrogens with zero attached hydrogens (tertiary/aromatic N) is 2. The lowest BCUT2D eigenvalue weighted by Gasteiger charge is -2.47. The molecule has 3 aliphatic rings. The third-order valence-corrected chi connectivity index (χ3v) is 8.34. The average Bonchev–Trinajstić information content (AvgIpc) is 2.66. The summed E-state index contributed by atoms with van der Waals surface area (Å²) >= 11 is 2.14. The monoisotopic (exact) mass is 400 g/mol. The van der Waals surface area contributed by atoms with Crippen LogP contribution in [0.15, 0.2) is 24.3 Å². The van der Waals surface area contributed by atoms with Crippen LogP contribution in [0.5, 0.6) is 0 Å². The molecule has 0 atom stereocenters. The molecule has 0 unspecified atom stereocenters. The van der Waals surface area contributed by atoms with E-state index < -0.39 is 0 Å². The van der Waals surface area contributed by atoms with Crippen LogP contribution in [-0.2, 0) is 0 Å². The van der Waals surface area contributed by atoms with Gasteiger partial charge in [-0.1, -0.05) is 45.9 Å². The van der Waals surface area contributed by atoms with Crippen LogP contribution in [0.25, 0.3) is 0 Å². The van der Waals surface area contributed by atoms with Crippen LogP contribution >= 0.6 is 11.8 Å². The first-order valence-electron chi connectivity index (χ1n) is 11.5. The lowest BCUT2D eigenvalue weighted by molar-refractivity contribution is 0.0969. The zero-order valence-electron chi connectivity index (χ0n) is 18.5. The summed E-state index contributed by atoms with van der Waals surface area (Å²) in [6, 6.07) is 10.2. The van der Waals surface area contributed by atoms with Crippen molar-refractivity contribution in [3.8, 4) is 0 Å². The second kappa shape index (κ2) is 8.22. The molecule has 4 rings (SSSR count). The number of para-hydroxylation sites is 1. The van der Waals surface area contributed by atoms with Gasteiger partial charge in [-0.15, -0.1) is 0 Å². The number of benzene rings is 1. The molecule has 0 radical (unpaired) electrons. The van der Waals surface area contributed by atoms with Gasteiger partial charge in [0.1, 0.15) is 0 Å². The maximum atomic E-state index is 2.78. The molecule has 156 valence electrons. The zero-order valence-corrected chi connectivity index (χ0v) is 19.4. The Morgan fingerprint density at radius 3 is 2.11 bits per heavy atom. The highest BCUT2D eigenvalue weighted by atomic mass is 32.2. The summed E-state index contributed by atoms with van der Waals surface area (Å²) in [7, 11) is 0. The molecule has 2 saturated heterocycles. The molecule has 0 aromatic heterocycles. The Hall–Kier alpha value is -0.670. The predicted molar refractivity (Wildman–Crippen MR) is 125 cm³/mol. The van der Waals surface area contributed by atoms with Crippen molar-refractivity contribution in [1.29, 1.82) is 0 Å². The van der Waals surface area contributed by atoms with Crippen LogP contribution < -0.4 is 4.90 Å². The van der Waals surface area contributed by atoms with Gasteiger partial charge >= 0.3 is 0 Å². The molecule has 1 aliphatic carbocycles. The Bertz CT molecular complexity index is 638. The maximum absolute atomic E-state index is 2.78. The maximum Gasteiger partial charge on any atom is 0.0402 e. The highest BCUT2D eigenvalue weighted by Crippen LogP contribution is 2.53. The molecular formula is C25H40N2S. The van der Waals surface area contributed by atoms with Crippen molar-refractivity contribution in [3.63, 3.8) is 0 Å². The number of anilines is 1. The van der Waals surface area contributed by atoms with Crippen LogP contribution in [0, 0.1) is 10.8 Å². The third-order valence-electron chi connectivity index (χ3n) is 7.29. The van der Waals surface area contributed by atoms with Crippen LogP contribution in [0.4, 0.5) is 5.69 Å². The SMILES string of the molecule is CC1(C)CC(c2ccccc2N2CCN(C3CCSCC3)CC2)CC(C)(C)C1. The van der Waals surface area contributed by atoms with Gasteiger partial charge in [0.2, 0.25) is 0 Å². The fraction of sp³-hybridized carbons (Fsp3) is 0.760. The molecule has 3 heteroatoms. The van der Waals surface area contributed by atoms with Crippen molar-refractivity contribution in [1.82, 2.24) is 4.90 Å². The molecule has 0 bridgehead atoms. The lowest BCUT2D eigenvalue weighted by atomic mass is 9.60. The van der Waals surface area contributed by atoms with E-state index in [-0.39, 0.29) is 0 Å². The van der Waals surface area contributed by atoms with Crippen LogP contribution in [0.1, 0.15) is 71.3 Å². The van der Waals surface area contributed by atoms with E-state index >= 15 is 0 Å². The summed E-state index contributed by atoms with van der Waals surface area (Å²) in [5.74, 6) is 3.42. The second-order valence-corrected chi connectivity index (χ2v) is 12.3. The molecule has 2 nitrogen and oxygen atoms in total. The molecule has 1 aromatic rings. The quantitative estimate of drug-likeness (QED) is 0.612. The van der Waals surface area contributed by atoms with E-state index in [4.69, 9.17) is 0 Å². The van der Waals surface area contributed by atoms with Crippen molar-refractivity contribution >= 4 is 17.4 Å². The average molecular weight is 401 g/mol. The summed E-state index contributed by atoms with van der Waals surface area (Å²) < 4.78 is 0. The van der Waals surface area contributed by atoms with Gasteiger partial charge < -0.3 is 4.90 Å². The predicted octanol–water partition coefficient (Wildman–Crippen LogP) is 6.02. The van der Waals surface area contributed by atoms with Crippen molar-refractivity contribution in [2.45, 2.75) is 71.8 Å². The molecule has 28 heavy (non-hydrogen) atoms. The third kappa shape index (κ3) is 4.73. The summed E-state index contributed by atoms with van der Waals surface area (Å²) in [5.41, 5.74) is 4.03. The topological polar surface area (TPSA) is 6.48 Å². The van der Waals surface area contributed by atoms with Gasteiger partial charge in [-0.25, -0.2) is 0 Å². The highest BCUT2D eigenvalue weighted by molar-refractivity contribution is 7.99. The van der Waals surface area contributed by atoms with Crippen LogP contribution in [-0.4, -0.2) is 48.6 Å². The Kier molecular flexibility index (Phi) is 6.05. The first-order chi connectivity index (χ1) is 13.3. The van der Waals surface area contributed by atoms with Gasteiger partial charge in [0.25, 0.3) is 0 Å². The fourth-order valence-electron chi connectivity index (χ4n) is 6.56. The minimum absolute atomic E-state index is 0.442. The summed E-state index contributed by atoms with van der Waals surface area (Å²) in [5, 5.41) is 0. The molecule has 0 amide bonds. The Morgan fingerprint density at radius 1 is 0.857 bits per heavy atom. The van der Waals surface area contributed by atoms with E-state index in [0.717, 1.165) is 6.04 Å². The standard InChI is InChI=1S/C25H40N2S/c1-24(2)17-20(18-25(3,4)19-24)22-7-5-6-8-23(22)27-13-11-26(12-14-27)21-9-15-28-16-10-21/h5-8,20-21H,9-19H2,1-4H3. The molecular weight excluding hydrogens is 360 g/mol. The number of hydrogen-bond acceptors (Lipinski definition) is 3. The van der Waals surface area contributed by atoms with E-state index in [1.165, 1.54) is 75.5 Å². The van der Waals surface area contributed by atoms with Gasteiger partial charge in [-0.3, -0.25) is 4.90 Å². The largest absolute Gasteiger partial charge is 0.369 e. The molecule has 0 N–H and O–H groups in total.